The zero-order valence-corrected chi connectivity index (χ0v) is 5.34. The molecule has 0 unspecified atom stereocenters. The van der Waals surface area contributed by atoms with Gasteiger partial charge in [0, 0.05) is 0 Å². The predicted octanol–water partition coefficient (Wildman–Crippen LogP) is 0.764. The van der Waals surface area contributed by atoms with Crippen LogP contribution in [0.3, 0.4) is 0 Å². The molecule has 1 aliphatic rings. The number of Topliss-reactive ketones (excluding diaryl/α,β-unsaturated/α-hetero) is 1. The molecule has 50 valence electrons. The molecule has 0 saturated carbocycles. The van der Waals surface area contributed by atoms with Crippen LogP contribution >= 0.6 is 0 Å². The quantitative estimate of drug-likeness (QED) is 0.524. The monoisotopic (exact) mass is 128 g/mol. The SMILES string of the molecule is CC1(C)OC=C(O)C1=O. The van der Waals surface area contributed by atoms with Crippen LogP contribution in [-0.2, 0) is 9.53 Å². The second kappa shape index (κ2) is 1.50. The molecule has 0 atom stereocenters. The first-order valence-electron chi connectivity index (χ1n) is 2.66. The van der Waals surface area contributed by atoms with Crippen molar-refractivity contribution >= 4 is 5.78 Å². The standard InChI is InChI=1S/C6H8O3/c1-6(2)5(8)4(7)3-9-6/h3,7H,1-2H3. The van der Waals surface area contributed by atoms with E-state index >= 15 is 0 Å². The third kappa shape index (κ3) is 0.781. The molecular formula is C6H8O3. The minimum atomic E-state index is -0.857. The third-order valence-electron chi connectivity index (χ3n) is 1.24. The molecule has 0 saturated heterocycles. The summed E-state index contributed by atoms with van der Waals surface area (Å²) >= 11 is 0. The highest BCUT2D eigenvalue weighted by atomic mass is 16.5. The van der Waals surface area contributed by atoms with E-state index in [4.69, 9.17) is 9.84 Å². The molecule has 9 heavy (non-hydrogen) atoms. The molecule has 0 bridgehead atoms. The van der Waals surface area contributed by atoms with Gasteiger partial charge in [-0.15, -0.1) is 0 Å². The number of carbonyl (C=O) groups excluding carboxylic acids is 1. The van der Waals surface area contributed by atoms with Gasteiger partial charge in [-0.3, -0.25) is 4.79 Å². The molecule has 0 spiro atoms. The van der Waals surface area contributed by atoms with E-state index in [2.05, 4.69) is 0 Å². The summed E-state index contributed by atoms with van der Waals surface area (Å²) in [5.74, 6) is -0.650. The van der Waals surface area contributed by atoms with Crippen molar-refractivity contribution in [2.45, 2.75) is 19.4 Å². The summed E-state index contributed by atoms with van der Waals surface area (Å²) in [5, 5.41) is 8.72. The summed E-state index contributed by atoms with van der Waals surface area (Å²) in [5.41, 5.74) is -0.857. The minimum absolute atomic E-state index is 0.292. The van der Waals surface area contributed by atoms with Crippen LogP contribution < -0.4 is 0 Å². The number of ether oxygens (including phenoxy) is 1. The van der Waals surface area contributed by atoms with Gasteiger partial charge in [-0.1, -0.05) is 0 Å². The number of ketones is 1. The lowest BCUT2D eigenvalue weighted by Gasteiger charge is -2.13. The van der Waals surface area contributed by atoms with Crippen molar-refractivity contribution < 1.29 is 14.6 Å². The largest absolute Gasteiger partial charge is 0.502 e. The Morgan fingerprint density at radius 1 is 1.67 bits per heavy atom. The van der Waals surface area contributed by atoms with Crippen LogP contribution in [-0.4, -0.2) is 16.5 Å². The fourth-order valence-corrected chi connectivity index (χ4v) is 0.619. The Labute approximate surface area is 52.9 Å². The molecule has 0 aliphatic carbocycles. The zero-order chi connectivity index (χ0) is 7.07. The van der Waals surface area contributed by atoms with Gasteiger partial charge in [0.1, 0.15) is 6.26 Å². The second-order valence-corrected chi connectivity index (χ2v) is 2.46. The lowest BCUT2D eigenvalue weighted by Crippen LogP contribution is -2.29. The van der Waals surface area contributed by atoms with Gasteiger partial charge >= 0.3 is 0 Å². The molecule has 0 amide bonds. The van der Waals surface area contributed by atoms with E-state index in [-0.39, 0.29) is 11.5 Å². The van der Waals surface area contributed by atoms with Gasteiger partial charge in [0.05, 0.1) is 0 Å². The molecule has 1 N–H and O–H groups in total. The topological polar surface area (TPSA) is 46.5 Å². The van der Waals surface area contributed by atoms with Crippen LogP contribution in [0.1, 0.15) is 13.8 Å². The van der Waals surface area contributed by atoms with Crippen LogP contribution in [0.15, 0.2) is 12.0 Å². The van der Waals surface area contributed by atoms with Crippen molar-refractivity contribution in [3.05, 3.63) is 12.0 Å². The Morgan fingerprint density at radius 3 is 2.33 bits per heavy atom. The summed E-state index contributed by atoms with van der Waals surface area (Å²) in [7, 11) is 0. The Balaban J connectivity index is 2.86. The number of aliphatic hydroxyl groups excluding tert-OH is 1. The summed E-state index contributed by atoms with van der Waals surface area (Å²) in [6, 6.07) is 0. The number of aliphatic hydroxyl groups is 1. The molecule has 0 fully saturated rings. The molecule has 0 aromatic heterocycles. The number of hydrogen-bond acceptors (Lipinski definition) is 3. The Bertz CT molecular complexity index is 179. The van der Waals surface area contributed by atoms with Crippen molar-refractivity contribution in [3.8, 4) is 0 Å². The first-order valence-corrected chi connectivity index (χ1v) is 2.66. The Hall–Kier alpha value is -0.990. The maximum absolute atomic E-state index is 10.8. The summed E-state index contributed by atoms with van der Waals surface area (Å²) in [4.78, 5) is 10.8. The molecule has 0 aromatic rings. The Morgan fingerprint density at radius 2 is 2.22 bits per heavy atom. The number of carbonyl (C=O) groups is 1. The highest BCUT2D eigenvalue weighted by Gasteiger charge is 2.36. The van der Waals surface area contributed by atoms with Crippen LogP contribution in [0.4, 0.5) is 0 Å². The van der Waals surface area contributed by atoms with Gasteiger partial charge in [0.25, 0.3) is 0 Å². The summed E-state index contributed by atoms with van der Waals surface area (Å²) in [6.07, 6.45) is 1.07. The van der Waals surface area contributed by atoms with Crippen LogP contribution in [0.5, 0.6) is 0 Å². The van der Waals surface area contributed by atoms with Crippen LogP contribution in [0.25, 0.3) is 0 Å². The molecular weight excluding hydrogens is 120 g/mol. The van der Waals surface area contributed by atoms with Gasteiger partial charge < -0.3 is 9.84 Å². The van der Waals surface area contributed by atoms with Crippen molar-refractivity contribution in [3.63, 3.8) is 0 Å². The maximum Gasteiger partial charge on any atom is 0.243 e. The fraction of sp³-hybridized carbons (Fsp3) is 0.500. The van der Waals surface area contributed by atoms with Crippen molar-refractivity contribution in [1.82, 2.24) is 0 Å². The van der Waals surface area contributed by atoms with Gasteiger partial charge in [-0.25, -0.2) is 0 Å². The summed E-state index contributed by atoms with van der Waals surface area (Å²) < 4.78 is 4.80. The highest BCUT2D eigenvalue weighted by molar-refractivity contribution is 6.00. The van der Waals surface area contributed by atoms with Crippen LogP contribution in [0, 0.1) is 0 Å². The first-order chi connectivity index (χ1) is 4.04. The van der Waals surface area contributed by atoms with Crippen molar-refractivity contribution in [2.75, 3.05) is 0 Å². The van der Waals surface area contributed by atoms with Crippen molar-refractivity contribution in [2.24, 2.45) is 0 Å². The molecule has 0 aromatic carbocycles. The Kier molecular flexibility index (Phi) is 1.02. The molecule has 1 aliphatic heterocycles. The maximum atomic E-state index is 10.8. The zero-order valence-electron chi connectivity index (χ0n) is 5.34. The van der Waals surface area contributed by atoms with E-state index in [0.29, 0.717) is 0 Å². The van der Waals surface area contributed by atoms with Gasteiger partial charge in [0.15, 0.2) is 11.4 Å². The second-order valence-electron chi connectivity index (χ2n) is 2.46. The highest BCUT2D eigenvalue weighted by Crippen LogP contribution is 2.21. The molecule has 1 heterocycles. The smallest absolute Gasteiger partial charge is 0.243 e. The molecule has 1 rings (SSSR count). The molecule has 3 heteroatoms. The number of hydrogen-bond donors (Lipinski definition) is 1. The lowest BCUT2D eigenvalue weighted by atomic mass is 10.1. The fourth-order valence-electron chi connectivity index (χ4n) is 0.619. The first kappa shape index (κ1) is 6.13. The van der Waals surface area contributed by atoms with E-state index in [0.717, 1.165) is 6.26 Å². The van der Waals surface area contributed by atoms with Gasteiger partial charge in [-0.05, 0) is 13.8 Å². The molecule has 0 radical (unpaired) electrons. The lowest BCUT2D eigenvalue weighted by molar-refractivity contribution is -0.128. The average molecular weight is 128 g/mol. The van der Waals surface area contributed by atoms with Crippen molar-refractivity contribution in [1.29, 1.82) is 0 Å². The van der Waals surface area contributed by atoms with E-state index < -0.39 is 5.60 Å². The van der Waals surface area contributed by atoms with E-state index in [1.807, 2.05) is 0 Å². The average Bonchev–Trinajstić information content (AvgIpc) is 1.97. The number of rotatable bonds is 0. The minimum Gasteiger partial charge on any atom is -0.502 e. The third-order valence-corrected chi connectivity index (χ3v) is 1.24. The summed E-state index contributed by atoms with van der Waals surface area (Å²) in [6.45, 7) is 3.21. The van der Waals surface area contributed by atoms with Gasteiger partial charge in [-0.2, -0.15) is 0 Å². The molecule has 3 nitrogen and oxygen atoms in total. The normalized spacial score (nSPS) is 23.3. The van der Waals surface area contributed by atoms with E-state index in [1.165, 1.54) is 0 Å². The van der Waals surface area contributed by atoms with Gasteiger partial charge in [0.2, 0.25) is 5.78 Å². The van der Waals surface area contributed by atoms with E-state index in [9.17, 15) is 4.79 Å². The predicted molar refractivity (Wildman–Crippen MR) is 30.9 cm³/mol. The van der Waals surface area contributed by atoms with Crippen LogP contribution in [0.2, 0.25) is 0 Å². The van der Waals surface area contributed by atoms with E-state index in [1.54, 1.807) is 13.8 Å².